The molecule has 3 rings (SSSR count). The summed E-state index contributed by atoms with van der Waals surface area (Å²) in [6.45, 7) is 3.75. The van der Waals surface area contributed by atoms with E-state index < -0.39 is 0 Å². The lowest BCUT2D eigenvalue weighted by Crippen LogP contribution is -1.96. The molecule has 0 spiro atoms. The fourth-order valence-corrected chi connectivity index (χ4v) is 2.88. The summed E-state index contributed by atoms with van der Waals surface area (Å²) in [5, 5.41) is 4.31. The molecule has 0 fully saturated rings. The zero-order valence-electron chi connectivity index (χ0n) is 12.5. The van der Waals surface area contributed by atoms with Crippen LogP contribution in [0.2, 0.25) is 0 Å². The lowest BCUT2D eigenvalue weighted by atomic mass is 10.2. The van der Waals surface area contributed by atoms with Gasteiger partial charge in [0.2, 0.25) is 0 Å². The van der Waals surface area contributed by atoms with Gasteiger partial charge in [0, 0.05) is 27.3 Å². The van der Waals surface area contributed by atoms with E-state index in [1.165, 1.54) is 0 Å². The van der Waals surface area contributed by atoms with Crippen LogP contribution >= 0.6 is 11.8 Å². The summed E-state index contributed by atoms with van der Waals surface area (Å²) in [5.41, 5.74) is 2.64. The van der Waals surface area contributed by atoms with Gasteiger partial charge in [0.15, 0.2) is 0 Å². The first-order valence-corrected chi connectivity index (χ1v) is 8.11. The van der Waals surface area contributed by atoms with Crippen LogP contribution in [0.15, 0.2) is 66.3 Å². The van der Waals surface area contributed by atoms with Crippen molar-refractivity contribution in [3.63, 3.8) is 0 Å². The highest BCUT2D eigenvalue weighted by Gasteiger charge is 2.06. The van der Waals surface area contributed by atoms with Gasteiger partial charge in [0.25, 0.3) is 0 Å². The van der Waals surface area contributed by atoms with Gasteiger partial charge in [-0.3, -0.25) is 0 Å². The van der Waals surface area contributed by atoms with Crippen molar-refractivity contribution in [1.29, 1.82) is 0 Å². The first kappa shape index (κ1) is 15.1. The number of hydrogen-bond acceptors (Lipinski definition) is 4. The Morgan fingerprint density at radius 2 is 2.13 bits per heavy atom. The predicted octanol–water partition coefficient (Wildman–Crippen LogP) is 4.63. The van der Waals surface area contributed by atoms with E-state index in [1.54, 1.807) is 18.1 Å². The molecule has 3 nitrogen and oxygen atoms in total. The predicted molar refractivity (Wildman–Crippen MR) is 98.1 cm³/mol. The number of fused-ring (bicyclic) bond motifs is 1. The summed E-state index contributed by atoms with van der Waals surface area (Å²) >= 11 is 1.73. The van der Waals surface area contributed by atoms with Crippen LogP contribution in [-0.4, -0.2) is 15.7 Å². The van der Waals surface area contributed by atoms with Crippen molar-refractivity contribution in [1.82, 2.24) is 9.97 Å². The van der Waals surface area contributed by atoms with E-state index in [1.807, 2.05) is 36.4 Å². The average molecular weight is 317 g/mol. The summed E-state index contributed by atoms with van der Waals surface area (Å²) in [6, 6.07) is 13.9. The molecule has 0 atom stereocenters. The van der Waals surface area contributed by atoms with Crippen LogP contribution in [0.5, 0.6) is 0 Å². The molecule has 1 N–H and O–H groups in total. The second-order valence-electron chi connectivity index (χ2n) is 4.85. The summed E-state index contributed by atoms with van der Waals surface area (Å²) in [5.74, 6) is 4.27. The van der Waals surface area contributed by atoms with E-state index in [2.05, 4.69) is 39.9 Å². The number of thioether (sulfide) groups is 1. The minimum absolute atomic E-state index is 0.769. The molecule has 1 heterocycles. The van der Waals surface area contributed by atoms with Crippen LogP contribution in [0.3, 0.4) is 0 Å². The average Bonchev–Trinajstić information content (AvgIpc) is 2.60. The van der Waals surface area contributed by atoms with E-state index >= 15 is 0 Å². The van der Waals surface area contributed by atoms with Gasteiger partial charge in [-0.1, -0.05) is 18.1 Å². The molecule has 0 unspecified atom stereocenters. The van der Waals surface area contributed by atoms with Gasteiger partial charge in [0.1, 0.15) is 12.1 Å². The largest absolute Gasteiger partial charge is 0.340 e. The molecule has 1 aromatic heterocycles. The van der Waals surface area contributed by atoms with Crippen LogP contribution in [0.4, 0.5) is 11.5 Å². The third-order valence-electron chi connectivity index (χ3n) is 3.27. The lowest BCUT2D eigenvalue weighted by molar-refractivity contribution is 1.21. The maximum Gasteiger partial charge on any atom is 0.141 e. The first-order chi connectivity index (χ1) is 11.3. The van der Waals surface area contributed by atoms with Crippen LogP contribution in [0, 0.1) is 12.3 Å². The Morgan fingerprint density at radius 1 is 1.22 bits per heavy atom. The highest BCUT2D eigenvalue weighted by molar-refractivity contribution is 7.99. The molecule has 0 aliphatic rings. The van der Waals surface area contributed by atoms with Gasteiger partial charge in [-0.2, -0.15) is 0 Å². The minimum atomic E-state index is 0.769. The molecular formula is C19H15N3S. The van der Waals surface area contributed by atoms with Crippen molar-refractivity contribution in [2.45, 2.75) is 4.90 Å². The highest BCUT2D eigenvalue weighted by Crippen LogP contribution is 2.28. The summed E-state index contributed by atoms with van der Waals surface area (Å²) in [6.07, 6.45) is 8.91. The van der Waals surface area contributed by atoms with Gasteiger partial charge in [-0.25, -0.2) is 9.97 Å². The molecule has 0 saturated heterocycles. The van der Waals surface area contributed by atoms with Gasteiger partial charge in [0.05, 0.1) is 5.52 Å². The smallest absolute Gasteiger partial charge is 0.141 e. The van der Waals surface area contributed by atoms with E-state index in [9.17, 15) is 0 Å². The monoisotopic (exact) mass is 317 g/mol. The molecule has 0 radical (unpaired) electrons. The zero-order chi connectivity index (χ0) is 16.1. The van der Waals surface area contributed by atoms with Crippen LogP contribution < -0.4 is 5.32 Å². The second kappa shape index (κ2) is 6.99. The molecule has 4 heteroatoms. The number of benzene rings is 2. The number of aromatic nitrogens is 2. The molecule has 0 bridgehead atoms. The van der Waals surface area contributed by atoms with Gasteiger partial charge < -0.3 is 5.32 Å². The van der Waals surface area contributed by atoms with Gasteiger partial charge in [-0.15, -0.1) is 24.8 Å². The Balaban J connectivity index is 1.98. The minimum Gasteiger partial charge on any atom is -0.340 e. The number of hydrogen-bond donors (Lipinski definition) is 1. The topological polar surface area (TPSA) is 37.8 Å². The molecule has 0 amide bonds. The molecular weight excluding hydrogens is 302 g/mol. The number of rotatable bonds is 5. The van der Waals surface area contributed by atoms with Crippen molar-refractivity contribution in [3.05, 3.63) is 67.0 Å². The third kappa shape index (κ3) is 3.53. The number of nitrogens with one attached hydrogen (secondary N) is 1. The SMILES string of the molecule is C#Cc1cccc(Nc2ncnc3ccc(SCC=C)cc23)c1. The Hall–Kier alpha value is -2.77. The Kier molecular flexibility index (Phi) is 4.60. The highest BCUT2D eigenvalue weighted by atomic mass is 32.2. The fourth-order valence-electron chi connectivity index (χ4n) is 2.20. The Morgan fingerprint density at radius 3 is 2.96 bits per heavy atom. The van der Waals surface area contributed by atoms with E-state index in [0.29, 0.717) is 0 Å². The Bertz CT molecular complexity index is 897. The van der Waals surface area contributed by atoms with E-state index in [4.69, 9.17) is 6.42 Å². The first-order valence-electron chi connectivity index (χ1n) is 7.12. The fraction of sp³-hybridized carbons (Fsp3) is 0.0526. The van der Waals surface area contributed by atoms with Crippen LogP contribution in [0.25, 0.3) is 10.9 Å². The summed E-state index contributed by atoms with van der Waals surface area (Å²) < 4.78 is 0. The number of terminal acetylenes is 1. The van der Waals surface area contributed by atoms with Crippen molar-refractivity contribution in [2.24, 2.45) is 0 Å². The lowest BCUT2D eigenvalue weighted by Gasteiger charge is -2.09. The molecule has 3 aromatic rings. The maximum absolute atomic E-state index is 5.45. The number of nitrogens with zero attached hydrogens (tertiary/aromatic N) is 2. The standard InChI is InChI=1S/C19H15N3S/c1-3-10-23-16-8-9-18-17(12-16)19(21-13-20-18)22-15-7-5-6-14(4-2)11-15/h2-3,5-9,11-13H,1,10H2,(H,20,21,22). The third-order valence-corrected chi connectivity index (χ3v) is 4.26. The molecule has 0 aliphatic carbocycles. The van der Waals surface area contributed by atoms with Crippen LogP contribution in [0.1, 0.15) is 5.56 Å². The van der Waals surface area contributed by atoms with E-state index in [0.717, 1.165) is 38.6 Å². The molecule has 2 aromatic carbocycles. The zero-order valence-corrected chi connectivity index (χ0v) is 13.3. The van der Waals surface area contributed by atoms with E-state index in [-0.39, 0.29) is 0 Å². The van der Waals surface area contributed by atoms with Crippen molar-refractivity contribution < 1.29 is 0 Å². The van der Waals surface area contributed by atoms with Crippen molar-refractivity contribution in [3.8, 4) is 12.3 Å². The Labute approximate surface area is 139 Å². The van der Waals surface area contributed by atoms with Gasteiger partial charge in [-0.05, 0) is 36.4 Å². The summed E-state index contributed by atoms with van der Waals surface area (Å²) in [7, 11) is 0. The quantitative estimate of drug-likeness (QED) is 0.423. The number of anilines is 2. The van der Waals surface area contributed by atoms with Gasteiger partial charge >= 0.3 is 0 Å². The summed E-state index contributed by atoms with van der Waals surface area (Å²) in [4.78, 5) is 9.86. The second-order valence-corrected chi connectivity index (χ2v) is 5.94. The van der Waals surface area contributed by atoms with Crippen molar-refractivity contribution in [2.75, 3.05) is 11.1 Å². The molecule has 23 heavy (non-hydrogen) atoms. The molecule has 112 valence electrons. The normalized spacial score (nSPS) is 10.2. The molecule has 0 saturated carbocycles. The molecule has 0 aliphatic heterocycles. The maximum atomic E-state index is 5.45. The van der Waals surface area contributed by atoms with Crippen LogP contribution in [-0.2, 0) is 0 Å². The van der Waals surface area contributed by atoms with Crippen molar-refractivity contribution >= 4 is 34.2 Å².